The summed E-state index contributed by atoms with van der Waals surface area (Å²) in [7, 11) is -2.55. The van der Waals surface area contributed by atoms with E-state index >= 15 is 0 Å². The van der Waals surface area contributed by atoms with Gasteiger partial charge in [-0.1, -0.05) is 54.6 Å². The van der Waals surface area contributed by atoms with Crippen LogP contribution in [0, 0.1) is 6.92 Å². The number of para-hydroxylation sites is 1. The predicted molar refractivity (Wildman–Crippen MR) is 122 cm³/mol. The first kappa shape index (κ1) is 22.5. The number of sulfonamides is 1. The van der Waals surface area contributed by atoms with Gasteiger partial charge in [-0.3, -0.25) is 4.79 Å². The third-order valence-corrected chi connectivity index (χ3v) is 6.67. The first-order chi connectivity index (χ1) is 14.9. The van der Waals surface area contributed by atoms with E-state index in [2.05, 4.69) is 5.32 Å². The largest absolute Gasteiger partial charge is 0.495 e. The second-order valence-electron chi connectivity index (χ2n) is 7.14. The maximum Gasteiger partial charge on any atom is 0.247 e. The summed E-state index contributed by atoms with van der Waals surface area (Å²) in [6.07, 6.45) is 0.479. The molecule has 0 atom stereocenters. The Morgan fingerprint density at radius 2 is 1.61 bits per heavy atom. The number of rotatable bonds is 9. The molecule has 162 valence electrons. The summed E-state index contributed by atoms with van der Waals surface area (Å²) >= 11 is 0. The number of nitrogens with zero attached hydrogens (tertiary/aromatic N) is 1. The molecule has 1 amide bonds. The Hall–Kier alpha value is -3.16. The molecule has 0 aliphatic rings. The molecule has 0 aliphatic heterocycles. The van der Waals surface area contributed by atoms with E-state index in [0.29, 0.717) is 12.1 Å². The van der Waals surface area contributed by atoms with Gasteiger partial charge in [0.05, 0.1) is 13.7 Å². The third kappa shape index (κ3) is 5.93. The zero-order valence-electron chi connectivity index (χ0n) is 17.6. The fourth-order valence-corrected chi connectivity index (χ4v) is 4.83. The molecule has 0 fully saturated rings. The molecule has 0 saturated heterocycles. The van der Waals surface area contributed by atoms with Crippen molar-refractivity contribution in [2.24, 2.45) is 0 Å². The van der Waals surface area contributed by atoms with Crippen LogP contribution in [0.1, 0.15) is 11.1 Å². The Labute approximate surface area is 183 Å². The lowest BCUT2D eigenvalue weighted by molar-refractivity contribution is -0.116. The highest BCUT2D eigenvalue weighted by Gasteiger charge is 2.29. The molecule has 3 aromatic rings. The van der Waals surface area contributed by atoms with Crippen molar-refractivity contribution in [3.8, 4) is 5.75 Å². The molecule has 3 aromatic carbocycles. The van der Waals surface area contributed by atoms with Crippen LogP contribution in [0.25, 0.3) is 0 Å². The summed E-state index contributed by atoms with van der Waals surface area (Å²) in [6.45, 7) is 1.67. The Bertz CT molecular complexity index is 1120. The molecule has 0 aromatic heterocycles. The SMILES string of the molecule is COc1ccc(C)cc1S(=O)(=O)N(CCc1ccccc1)CC(=O)Nc1ccccc1. The molecular formula is C24H26N2O4S. The lowest BCUT2D eigenvalue weighted by Crippen LogP contribution is -2.39. The molecule has 0 aliphatic carbocycles. The van der Waals surface area contributed by atoms with E-state index in [4.69, 9.17) is 4.74 Å². The highest BCUT2D eigenvalue weighted by molar-refractivity contribution is 7.89. The summed E-state index contributed by atoms with van der Waals surface area (Å²) in [4.78, 5) is 12.7. The molecule has 0 unspecified atom stereocenters. The first-order valence-corrected chi connectivity index (χ1v) is 11.4. The van der Waals surface area contributed by atoms with Crippen molar-refractivity contribution >= 4 is 21.6 Å². The van der Waals surface area contributed by atoms with Crippen molar-refractivity contribution in [2.75, 3.05) is 25.5 Å². The van der Waals surface area contributed by atoms with Crippen molar-refractivity contribution in [1.29, 1.82) is 0 Å². The predicted octanol–water partition coefficient (Wildman–Crippen LogP) is 3.88. The van der Waals surface area contributed by atoms with Gasteiger partial charge in [0.15, 0.2) is 0 Å². The average molecular weight is 439 g/mol. The van der Waals surface area contributed by atoms with Crippen LogP contribution in [0.4, 0.5) is 5.69 Å². The monoisotopic (exact) mass is 438 g/mol. The molecule has 0 saturated carbocycles. The van der Waals surface area contributed by atoms with Crippen LogP contribution in [0.15, 0.2) is 83.8 Å². The van der Waals surface area contributed by atoms with Crippen LogP contribution >= 0.6 is 0 Å². The minimum atomic E-state index is -3.98. The first-order valence-electron chi connectivity index (χ1n) is 9.94. The van der Waals surface area contributed by atoms with Gasteiger partial charge in [-0.25, -0.2) is 8.42 Å². The van der Waals surface area contributed by atoms with E-state index in [9.17, 15) is 13.2 Å². The Morgan fingerprint density at radius 1 is 0.968 bits per heavy atom. The number of carbonyl (C=O) groups is 1. The summed E-state index contributed by atoms with van der Waals surface area (Å²) in [6, 6.07) is 23.5. The minimum absolute atomic E-state index is 0.0515. The number of ether oxygens (including phenoxy) is 1. The second-order valence-corrected chi connectivity index (χ2v) is 9.05. The molecule has 0 bridgehead atoms. The number of amides is 1. The molecule has 7 heteroatoms. The van der Waals surface area contributed by atoms with Crippen LogP contribution < -0.4 is 10.1 Å². The van der Waals surface area contributed by atoms with Gasteiger partial charge in [0, 0.05) is 12.2 Å². The normalized spacial score (nSPS) is 11.3. The van der Waals surface area contributed by atoms with Crippen LogP contribution in [-0.2, 0) is 21.2 Å². The maximum absolute atomic E-state index is 13.5. The fourth-order valence-electron chi connectivity index (χ4n) is 3.19. The number of methoxy groups -OCH3 is 1. The van der Waals surface area contributed by atoms with E-state index in [1.165, 1.54) is 11.4 Å². The number of aryl methyl sites for hydroxylation is 1. The van der Waals surface area contributed by atoms with Crippen molar-refractivity contribution in [3.05, 3.63) is 90.0 Å². The number of benzene rings is 3. The molecule has 3 rings (SSSR count). The topological polar surface area (TPSA) is 75.7 Å². The van der Waals surface area contributed by atoms with Gasteiger partial charge in [0.25, 0.3) is 0 Å². The highest BCUT2D eigenvalue weighted by atomic mass is 32.2. The summed E-state index contributed by atoms with van der Waals surface area (Å²) in [5, 5.41) is 2.76. The van der Waals surface area contributed by atoms with Gasteiger partial charge in [-0.05, 0) is 48.7 Å². The Kier molecular flexibility index (Phi) is 7.44. The van der Waals surface area contributed by atoms with Gasteiger partial charge in [-0.2, -0.15) is 4.31 Å². The van der Waals surface area contributed by atoms with E-state index < -0.39 is 15.9 Å². The standard InChI is InChI=1S/C24H26N2O4S/c1-19-13-14-22(30-2)23(17-19)31(28,29)26(16-15-20-9-5-3-6-10-20)18-24(27)25-21-11-7-4-8-12-21/h3-14,17H,15-16,18H2,1-2H3,(H,25,27). The van der Waals surface area contributed by atoms with Crippen LogP contribution in [0.3, 0.4) is 0 Å². The molecule has 6 nitrogen and oxygen atoms in total. The number of nitrogens with one attached hydrogen (secondary N) is 1. The second kappa shape index (κ2) is 10.2. The minimum Gasteiger partial charge on any atom is -0.495 e. The van der Waals surface area contributed by atoms with Crippen LogP contribution in [0.5, 0.6) is 5.75 Å². The number of carbonyl (C=O) groups excluding carboxylic acids is 1. The van der Waals surface area contributed by atoms with Gasteiger partial charge in [0.2, 0.25) is 15.9 Å². The quantitative estimate of drug-likeness (QED) is 0.550. The van der Waals surface area contributed by atoms with Crippen molar-refractivity contribution in [2.45, 2.75) is 18.2 Å². The van der Waals surface area contributed by atoms with Crippen molar-refractivity contribution < 1.29 is 17.9 Å². The molecular weight excluding hydrogens is 412 g/mol. The van der Waals surface area contributed by atoms with Gasteiger partial charge in [-0.15, -0.1) is 0 Å². The zero-order chi connectivity index (χ0) is 22.3. The number of hydrogen-bond donors (Lipinski definition) is 1. The van der Waals surface area contributed by atoms with Gasteiger partial charge < -0.3 is 10.1 Å². The summed E-state index contributed by atoms with van der Waals surface area (Å²) < 4.78 is 33.6. The summed E-state index contributed by atoms with van der Waals surface area (Å²) in [5.41, 5.74) is 2.39. The summed E-state index contributed by atoms with van der Waals surface area (Å²) in [5.74, 6) is -0.159. The number of hydrogen-bond acceptors (Lipinski definition) is 4. The molecule has 0 heterocycles. The average Bonchev–Trinajstić information content (AvgIpc) is 2.78. The molecule has 1 N–H and O–H groups in total. The lowest BCUT2D eigenvalue weighted by Gasteiger charge is -2.23. The van der Waals surface area contributed by atoms with E-state index in [-0.39, 0.29) is 23.7 Å². The smallest absolute Gasteiger partial charge is 0.247 e. The molecule has 31 heavy (non-hydrogen) atoms. The van der Waals surface area contributed by atoms with Crippen molar-refractivity contribution in [1.82, 2.24) is 4.31 Å². The van der Waals surface area contributed by atoms with E-state index in [0.717, 1.165) is 11.1 Å². The van der Waals surface area contributed by atoms with Crippen LogP contribution in [0.2, 0.25) is 0 Å². The van der Waals surface area contributed by atoms with E-state index in [1.54, 1.807) is 42.5 Å². The van der Waals surface area contributed by atoms with Gasteiger partial charge in [0.1, 0.15) is 10.6 Å². The third-order valence-electron chi connectivity index (χ3n) is 4.81. The number of anilines is 1. The van der Waals surface area contributed by atoms with Crippen LogP contribution in [-0.4, -0.2) is 38.8 Å². The molecule has 0 radical (unpaired) electrons. The Morgan fingerprint density at radius 3 is 2.26 bits per heavy atom. The lowest BCUT2D eigenvalue weighted by atomic mass is 10.1. The fraction of sp³-hybridized carbons (Fsp3) is 0.208. The maximum atomic E-state index is 13.5. The highest BCUT2D eigenvalue weighted by Crippen LogP contribution is 2.28. The Balaban J connectivity index is 1.88. The van der Waals surface area contributed by atoms with Crippen molar-refractivity contribution in [3.63, 3.8) is 0 Å². The van der Waals surface area contributed by atoms with E-state index in [1.807, 2.05) is 43.3 Å². The molecule has 0 spiro atoms. The zero-order valence-corrected chi connectivity index (χ0v) is 18.4. The van der Waals surface area contributed by atoms with Gasteiger partial charge >= 0.3 is 0 Å².